The molecule has 5 N–H and O–H groups in total. The standard InChI is InChI=1S/C72H72N2O10P2/c75-69(76)25-14-40-73-70(77)66(50-85(80,81)41-38-52-15-5-1-6-16-52)43-54-28-33-60(34-29-54)62-23-13-24-63(47-62)64-37-36-61-35-30-57(45-65(61)48-64)46-68(72(79)84-49-56-19-9-3-10-20-56)74-71(78)67(51-86(82,83)42-39-53-17-7-2-8-18-53)44-55-26-31-59(32-27-55)58-21-11-4-12-22-58/h1-13,15-24,26-37,45,47-48,66-68H,14,25,38-44,46,49-51H2,(H,73,77)(H,74,78)(H,75,76)(H,80,81)(H,82,83). The van der Waals surface area contributed by atoms with Crippen molar-refractivity contribution in [3.8, 4) is 33.4 Å². The van der Waals surface area contributed by atoms with Crippen LogP contribution in [0, 0.1) is 11.8 Å². The van der Waals surface area contributed by atoms with Crippen molar-refractivity contribution in [2.24, 2.45) is 11.8 Å². The number of hydrogen-bond donors (Lipinski definition) is 5. The van der Waals surface area contributed by atoms with E-state index in [2.05, 4.69) is 28.8 Å². The molecule has 0 aliphatic rings. The largest absolute Gasteiger partial charge is 0.481 e. The second-order valence-corrected chi connectivity index (χ2v) is 27.2. The summed E-state index contributed by atoms with van der Waals surface area (Å²) in [5.74, 6) is -4.27. The van der Waals surface area contributed by atoms with Crippen LogP contribution in [0.2, 0.25) is 0 Å². The van der Waals surface area contributed by atoms with Crippen LogP contribution in [0.4, 0.5) is 0 Å². The van der Waals surface area contributed by atoms with Gasteiger partial charge in [-0.05, 0) is 122 Å². The lowest BCUT2D eigenvalue weighted by Gasteiger charge is -2.24. The summed E-state index contributed by atoms with van der Waals surface area (Å²) in [4.78, 5) is 76.4. The number of rotatable bonds is 29. The maximum atomic E-state index is 14.8. The Labute approximate surface area is 503 Å². The van der Waals surface area contributed by atoms with Crippen molar-refractivity contribution in [2.75, 3.05) is 31.2 Å². The molecule has 9 rings (SSSR count). The summed E-state index contributed by atoms with van der Waals surface area (Å²) >= 11 is 0. The highest BCUT2D eigenvalue weighted by Crippen LogP contribution is 2.45. The minimum absolute atomic E-state index is 0.00693. The maximum absolute atomic E-state index is 14.8. The fourth-order valence-electron chi connectivity index (χ4n) is 10.7. The van der Waals surface area contributed by atoms with Crippen LogP contribution in [0.15, 0.2) is 231 Å². The van der Waals surface area contributed by atoms with Gasteiger partial charge in [-0.15, -0.1) is 0 Å². The van der Waals surface area contributed by atoms with Gasteiger partial charge in [-0.3, -0.25) is 23.5 Å². The third-order valence-electron chi connectivity index (χ3n) is 15.5. The Morgan fingerprint density at radius 1 is 0.430 bits per heavy atom. The molecule has 0 radical (unpaired) electrons. The number of carbonyl (C=O) groups is 4. The van der Waals surface area contributed by atoms with E-state index in [0.717, 1.165) is 77.5 Å². The number of nitrogens with one attached hydrogen (secondary N) is 2. The minimum atomic E-state index is -3.87. The zero-order valence-electron chi connectivity index (χ0n) is 48.0. The van der Waals surface area contributed by atoms with Gasteiger partial charge < -0.3 is 30.3 Å². The molecule has 0 aliphatic carbocycles. The number of aryl methyl sites for hydroxylation is 2. The van der Waals surface area contributed by atoms with E-state index in [1.165, 1.54) is 0 Å². The first kappa shape index (κ1) is 62.0. The Hall–Kier alpha value is -8.50. The quantitative estimate of drug-likeness (QED) is 0.0171. The molecule has 0 aliphatic heterocycles. The Balaban J connectivity index is 0.925. The number of hydrogen-bond acceptors (Lipinski definition) is 7. The van der Waals surface area contributed by atoms with Crippen molar-refractivity contribution in [3.05, 3.63) is 264 Å². The van der Waals surface area contributed by atoms with E-state index in [1.807, 2.05) is 212 Å². The zero-order valence-corrected chi connectivity index (χ0v) is 49.7. The van der Waals surface area contributed by atoms with Crippen LogP contribution in [0.25, 0.3) is 44.2 Å². The molecule has 0 bridgehead atoms. The Morgan fingerprint density at radius 3 is 1.43 bits per heavy atom. The summed E-state index contributed by atoms with van der Waals surface area (Å²) in [6.45, 7) is 0.131. The normalized spacial score (nSPS) is 13.7. The maximum Gasteiger partial charge on any atom is 0.329 e. The topological polar surface area (TPSA) is 196 Å². The first-order chi connectivity index (χ1) is 41.6. The van der Waals surface area contributed by atoms with Gasteiger partial charge in [0.05, 0.1) is 11.8 Å². The van der Waals surface area contributed by atoms with Crippen molar-refractivity contribution in [2.45, 2.75) is 57.6 Å². The molecule has 440 valence electrons. The zero-order chi connectivity index (χ0) is 60.3. The molecule has 0 heterocycles. The van der Waals surface area contributed by atoms with Crippen LogP contribution in [-0.4, -0.2) is 75.9 Å². The van der Waals surface area contributed by atoms with Crippen molar-refractivity contribution < 1.29 is 47.9 Å². The number of ether oxygens (including phenoxy) is 1. The van der Waals surface area contributed by atoms with Gasteiger partial charge in [0, 0.05) is 44.0 Å². The Morgan fingerprint density at radius 2 is 0.872 bits per heavy atom. The molecule has 9 aromatic rings. The first-order valence-corrected chi connectivity index (χ1v) is 33.2. The summed E-state index contributed by atoms with van der Waals surface area (Å²) < 4.78 is 33.6. The van der Waals surface area contributed by atoms with Crippen LogP contribution >= 0.6 is 14.7 Å². The van der Waals surface area contributed by atoms with Crippen LogP contribution in [-0.2, 0) is 71.8 Å². The third-order valence-corrected chi connectivity index (χ3v) is 19.4. The molecular formula is C72H72N2O10P2. The number of carboxylic acids is 1. The number of carbonyl (C=O) groups excluding carboxylic acids is 3. The lowest BCUT2D eigenvalue weighted by atomic mass is 9.94. The molecule has 2 amide bonds. The molecule has 0 aromatic heterocycles. The van der Waals surface area contributed by atoms with Gasteiger partial charge in [0.15, 0.2) is 0 Å². The number of carboxylic acid groups (broad SMARTS) is 1. The summed E-state index contributed by atoms with van der Waals surface area (Å²) in [6.07, 6.45) is 0.913. The molecule has 9 aromatic carbocycles. The summed E-state index contributed by atoms with van der Waals surface area (Å²) in [5, 5.41) is 16.8. The average Bonchev–Trinajstić information content (AvgIpc) is 2.86. The van der Waals surface area contributed by atoms with E-state index in [4.69, 9.17) is 9.84 Å². The van der Waals surface area contributed by atoms with E-state index in [0.29, 0.717) is 12.8 Å². The molecule has 0 fully saturated rings. The molecule has 86 heavy (non-hydrogen) atoms. The fourth-order valence-corrected chi connectivity index (χ4v) is 14.3. The van der Waals surface area contributed by atoms with Gasteiger partial charge in [-0.1, -0.05) is 218 Å². The first-order valence-electron chi connectivity index (χ1n) is 29.2. The molecule has 0 spiro atoms. The van der Waals surface area contributed by atoms with Crippen molar-refractivity contribution in [1.82, 2.24) is 10.6 Å². The number of amides is 2. The molecule has 12 nitrogen and oxygen atoms in total. The average molecular weight is 1190 g/mol. The number of benzene rings is 9. The van der Waals surface area contributed by atoms with E-state index in [-0.39, 0.29) is 75.8 Å². The monoisotopic (exact) mass is 1190 g/mol. The SMILES string of the molecule is O=C(O)CCCNC(=O)C(Cc1ccc(-c2cccc(-c3ccc4ccc(CC(NC(=O)C(Cc5ccc(-c6ccccc6)cc5)CP(=O)(O)CCc5ccccc5)C(=O)OCc5ccccc5)cc4c3)c2)cc1)CP(=O)(O)CCc1ccccc1. The van der Waals surface area contributed by atoms with Crippen LogP contribution in [0.5, 0.6) is 0 Å². The van der Waals surface area contributed by atoms with Gasteiger partial charge in [-0.2, -0.15) is 0 Å². The highest BCUT2D eigenvalue weighted by atomic mass is 31.2. The Kier molecular flexibility index (Phi) is 21.7. The number of fused-ring (bicyclic) bond motifs is 1. The van der Waals surface area contributed by atoms with Gasteiger partial charge in [0.25, 0.3) is 0 Å². The lowest BCUT2D eigenvalue weighted by Crippen LogP contribution is -2.47. The van der Waals surface area contributed by atoms with Crippen LogP contribution in [0.1, 0.15) is 46.2 Å². The lowest BCUT2D eigenvalue weighted by molar-refractivity contribution is -0.149. The molecule has 0 saturated heterocycles. The second-order valence-electron chi connectivity index (χ2n) is 22.2. The van der Waals surface area contributed by atoms with E-state index in [1.54, 1.807) is 0 Å². The predicted octanol–water partition coefficient (Wildman–Crippen LogP) is 13.6. The highest BCUT2D eigenvalue weighted by molar-refractivity contribution is 7.58. The number of aliphatic carboxylic acids is 1. The molecule has 5 unspecified atom stereocenters. The smallest absolute Gasteiger partial charge is 0.329 e. The molecule has 0 saturated carbocycles. The van der Waals surface area contributed by atoms with Gasteiger partial charge >= 0.3 is 11.9 Å². The predicted molar refractivity (Wildman–Crippen MR) is 342 cm³/mol. The van der Waals surface area contributed by atoms with Crippen LogP contribution in [0.3, 0.4) is 0 Å². The van der Waals surface area contributed by atoms with Gasteiger partial charge in [0.2, 0.25) is 26.6 Å². The van der Waals surface area contributed by atoms with E-state index in [9.17, 15) is 38.1 Å². The number of esters is 1. The van der Waals surface area contributed by atoms with Crippen molar-refractivity contribution in [3.63, 3.8) is 0 Å². The summed E-state index contributed by atoms with van der Waals surface area (Å²) in [6, 6.07) is 72.9. The highest BCUT2D eigenvalue weighted by Gasteiger charge is 2.33. The summed E-state index contributed by atoms with van der Waals surface area (Å²) in [5.41, 5.74) is 10.8. The van der Waals surface area contributed by atoms with E-state index >= 15 is 0 Å². The van der Waals surface area contributed by atoms with Crippen molar-refractivity contribution in [1.29, 1.82) is 0 Å². The summed E-state index contributed by atoms with van der Waals surface area (Å²) in [7, 11) is -7.61. The molecule has 5 atom stereocenters. The van der Waals surface area contributed by atoms with Crippen LogP contribution < -0.4 is 10.6 Å². The molecule has 14 heteroatoms. The van der Waals surface area contributed by atoms with Gasteiger partial charge in [0.1, 0.15) is 12.6 Å². The fraction of sp³-hybridized carbons (Fsp3) is 0.222. The van der Waals surface area contributed by atoms with E-state index < -0.39 is 50.5 Å². The third kappa shape index (κ3) is 18.7. The second kappa shape index (κ2) is 30.0. The van der Waals surface area contributed by atoms with Crippen molar-refractivity contribution >= 4 is 49.3 Å². The molecular weight excluding hydrogens is 1110 g/mol. The Bertz CT molecular complexity index is 3810. The minimum Gasteiger partial charge on any atom is -0.481 e. The van der Waals surface area contributed by atoms with Gasteiger partial charge in [-0.25, -0.2) is 4.79 Å².